The summed E-state index contributed by atoms with van der Waals surface area (Å²) in [6.45, 7) is 2.35. The third-order valence-corrected chi connectivity index (χ3v) is 6.14. The van der Waals surface area contributed by atoms with Crippen molar-refractivity contribution < 1.29 is 24.2 Å². The Morgan fingerprint density at radius 1 is 1.08 bits per heavy atom. The molecule has 0 bridgehead atoms. The third kappa shape index (κ3) is 1.69. The third-order valence-electron chi connectivity index (χ3n) is 6.14. The van der Waals surface area contributed by atoms with Gasteiger partial charge in [-0.2, -0.15) is 0 Å². The molecule has 3 unspecified atom stereocenters. The van der Waals surface area contributed by atoms with Crippen LogP contribution in [0.15, 0.2) is 35.6 Å². The Hall–Kier alpha value is -2.53. The van der Waals surface area contributed by atoms with Gasteiger partial charge in [-0.1, -0.05) is 6.92 Å². The number of hydrogen-bond donors (Lipinski definition) is 1. The van der Waals surface area contributed by atoms with Gasteiger partial charge in [0.15, 0.2) is 17.3 Å². The van der Waals surface area contributed by atoms with Crippen LogP contribution in [0, 0.1) is 5.92 Å². The van der Waals surface area contributed by atoms with E-state index in [1.807, 2.05) is 6.92 Å². The second-order valence-corrected chi connectivity index (χ2v) is 7.43. The number of fused-ring (bicyclic) bond motifs is 3. The highest BCUT2D eigenvalue weighted by atomic mass is 16.5. The molecule has 126 valence electrons. The van der Waals surface area contributed by atoms with Gasteiger partial charge in [-0.3, -0.25) is 14.4 Å². The zero-order valence-corrected chi connectivity index (χ0v) is 13.7. The van der Waals surface area contributed by atoms with Crippen molar-refractivity contribution in [3.8, 4) is 0 Å². The van der Waals surface area contributed by atoms with E-state index in [1.165, 1.54) is 12.2 Å². The normalized spacial score (nSPS) is 32.3. The Kier molecular flexibility index (Phi) is 2.69. The Morgan fingerprint density at radius 3 is 2.48 bits per heavy atom. The van der Waals surface area contributed by atoms with Crippen molar-refractivity contribution in [2.75, 3.05) is 6.61 Å². The van der Waals surface area contributed by atoms with Crippen molar-refractivity contribution in [2.24, 2.45) is 5.92 Å². The predicted octanol–water partition coefficient (Wildman–Crippen LogP) is 2.13. The highest BCUT2D eigenvalue weighted by Crippen LogP contribution is 2.54. The van der Waals surface area contributed by atoms with E-state index in [1.54, 1.807) is 12.1 Å². The Labute approximate surface area is 144 Å². The van der Waals surface area contributed by atoms with E-state index in [-0.39, 0.29) is 28.8 Å². The summed E-state index contributed by atoms with van der Waals surface area (Å²) in [5, 5.41) is 10.3. The lowest BCUT2D eigenvalue weighted by Crippen LogP contribution is -2.43. The fourth-order valence-electron chi connectivity index (χ4n) is 4.81. The summed E-state index contributed by atoms with van der Waals surface area (Å²) in [5.74, 6) is -0.595. The number of allylic oxidation sites excluding steroid dienone is 3. The first kappa shape index (κ1) is 14.8. The van der Waals surface area contributed by atoms with Crippen molar-refractivity contribution in [3.05, 3.63) is 57.9 Å². The molecule has 0 amide bonds. The number of benzene rings is 1. The van der Waals surface area contributed by atoms with Gasteiger partial charge in [0.25, 0.3) is 0 Å². The van der Waals surface area contributed by atoms with Crippen LogP contribution in [0.2, 0.25) is 0 Å². The van der Waals surface area contributed by atoms with E-state index >= 15 is 0 Å². The minimum atomic E-state index is -0.515. The number of hydrogen-bond acceptors (Lipinski definition) is 5. The van der Waals surface area contributed by atoms with Gasteiger partial charge >= 0.3 is 0 Å². The van der Waals surface area contributed by atoms with Crippen LogP contribution < -0.4 is 0 Å². The molecule has 5 heteroatoms. The lowest BCUT2D eigenvalue weighted by Gasteiger charge is -2.44. The first-order chi connectivity index (χ1) is 11.9. The molecule has 0 aromatic heterocycles. The van der Waals surface area contributed by atoms with E-state index in [4.69, 9.17) is 4.74 Å². The second-order valence-electron chi connectivity index (χ2n) is 7.43. The molecule has 1 aromatic carbocycles. The number of aliphatic hydroxyl groups is 1. The second kappa shape index (κ2) is 4.55. The molecule has 3 aliphatic carbocycles. The largest absolute Gasteiger partial charge is 0.489 e. The summed E-state index contributed by atoms with van der Waals surface area (Å²) >= 11 is 0. The van der Waals surface area contributed by atoms with Crippen LogP contribution in [-0.2, 0) is 10.2 Å². The van der Waals surface area contributed by atoms with Crippen LogP contribution in [0.25, 0.3) is 0 Å². The van der Waals surface area contributed by atoms with Gasteiger partial charge < -0.3 is 9.84 Å². The van der Waals surface area contributed by atoms with Gasteiger partial charge in [-0.05, 0) is 48.3 Å². The van der Waals surface area contributed by atoms with Crippen LogP contribution in [0.4, 0.5) is 0 Å². The first-order valence-electron chi connectivity index (χ1n) is 8.47. The van der Waals surface area contributed by atoms with E-state index in [0.717, 1.165) is 11.1 Å². The molecule has 25 heavy (non-hydrogen) atoms. The van der Waals surface area contributed by atoms with E-state index in [0.29, 0.717) is 36.3 Å². The monoisotopic (exact) mass is 336 g/mol. The fourth-order valence-corrected chi connectivity index (χ4v) is 4.81. The van der Waals surface area contributed by atoms with Crippen molar-refractivity contribution >= 4 is 17.3 Å². The van der Waals surface area contributed by atoms with Gasteiger partial charge in [0.05, 0.1) is 12.7 Å². The number of Topliss-reactive ketones (excluding diaryl/α,β-unsaturated/α-hetero) is 1. The maximum atomic E-state index is 13.0. The van der Waals surface area contributed by atoms with Gasteiger partial charge in [0.2, 0.25) is 5.78 Å². The van der Waals surface area contributed by atoms with Crippen molar-refractivity contribution in [2.45, 2.75) is 31.3 Å². The topological polar surface area (TPSA) is 80.7 Å². The molecule has 1 fully saturated rings. The molecule has 0 radical (unpaired) electrons. The van der Waals surface area contributed by atoms with E-state index in [2.05, 4.69) is 0 Å². The van der Waals surface area contributed by atoms with Gasteiger partial charge in [0.1, 0.15) is 0 Å². The quantitative estimate of drug-likeness (QED) is 0.785. The molecule has 1 aliphatic heterocycles. The molecule has 4 aliphatic rings. The number of rotatable bonds is 0. The minimum Gasteiger partial charge on any atom is -0.489 e. The van der Waals surface area contributed by atoms with Gasteiger partial charge in [0, 0.05) is 28.0 Å². The molecule has 5 nitrogen and oxygen atoms in total. The zero-order valence-electron chi connectivity index (χ0n) is 13.7. The summed E-state index contributed by atoms with van der Waals surface area (Å²) in [6, 6.07) is 3.26. The van der Waals surface area contributed by atoms with Crippen LogP contribution in [0.3, 0.4) is 0 Å². The molecule has 1 saturated carbocycles. The molecule has 0 saturated heterocycles. The molecule has 1 N–H and O–H groups in total. The van der Waals surface area contributed by atoms with E-state index < -0.39 is 11.5 Å². The highest BCUT2D eigenvalue weighted by molar-refractivity contribution is 6.23. The average Bonchev–Trinajstić information content (AvgIpc) is 3.06. The molecule has 5 rings (SSSR count). The van der Waals surface area contributed by atoms with Crippen LogP contribution in [0.5, 0.6) is 0 Å². The minimum absolute atomic E-state index is 0.181. The number of ketones is 3. The average molecular weight is 336 g/mol. The van der Waals surface area contributed by atoms with Crippen LogP contribution in [0.1, 0.15) is 56.4 Å². The number of aliphatic hydroxyl groups excluding tert-OH is 1. The summed E-state index contributed by atoms with van der Waals surface area (Å²) in [4.78, 5) is 37.4. The Balaban J connectivity index is 1.80. The number of carbonyl (C=O) groups is 3. The Morgan fingerprint density at radius 2 is 1.76 bits per heavy atom. The van der Waals surface area contributed by atoms with Crippen LogP contribution in [-0.4, -0.2) is 35.2 Å². The van der Waals surface area contributed by atoms with Gasteiger partial charge in [-0.25, -0.2) is 0 Å². The maximum absolute atomic E-state index is 13.0. The molecular weight excluding hydrogens is 320 g/mol. The SMILES string of the molecule is CC12CCC(O)C3COC(=C31)C(=O)c1cc3c(cc12)C(=O)C=CC3=O. The summed E-state index contributed by atoms with van der Waals surface area (Å²) in [7, 11) is 0. The van der Waals surface area contributed by atoms with Crippen molar-refractivity contribution in [1.82, 2.24) is 0 Å². The van der Waals surface area contributed by atoms with Crippen molar-refractivity contribution in [3.63, 3.8) is 0 Å². The molecule has 3 atom stereocenters. The smallest absolute Gasteiger partial charge is 0.227 e. The standard InChI is InChI=1S/C20H16O5/c1-20-5-4-16(23)12-8-25-19(17(12)20)18(24)11-6-9-10(7-13(11)20)15(22)3-2-14(9)21/h2-3,6-7,12,16,23H,4-5,8H2,1H3. The van der Waals surface area contributed by atoms with Crippen LogP contribution >= 0.6 is 0 Å². The number of carbonyl (C=O) groups excluding carboxylic acids is 3. The van der Waals surface area contributed by atoms with Gasteiger partial charge in [-0.15, -0.1) is 0 Å². The number of ether oxygens (including phenoxy) is 1. The zero-order chi connectivity index (χ0) is 17.5. The highest BCUT2D eigenvalue weighted by Gasteiger charge is 2.53. The lowest BCUT2D eigenvalue weighted by molar-refractivity contribution is 0.0630. The molecule has 0 spiro atoms. The molecule has 1 heterocycles. The van der Waals surface area contributed by atoms with E-state index in [9.17, 15) is 19.5 Å². The molecular formula is C20H16O5. The maximum Gasteiger partial charge on any atom is 0.227 e. The summed E-state index contributed by atoms with van der Waals surface area (Å²) < 4.78 is 5.67. The first-order valence-corrected chi connectivity index (χ1v) is 8.47. The Bertz CT molecular complexity index is 951. The predicted molar refractivity (Wildman–Crippen MR) is 87.6 cm³/mol. The molecule has 1 aromatic rings. The summed E-state index contributed by atoms with van der Waals surface area (Å²) in [5.41, 5.74) is 2.23. The lowest BCUT2D eigenvalue weighted by atomic mass is 9.59. The fraction of sp³-hybridized carbons (Fsp3) is 0.350. The van der Waals surface area contributed by atoms with Crippen molar-refractivity contribution in [1.29, 1.82) is 0 Å². The summed E-state index contributed by atoms with van der Waals surface area (Å²) in [6.07, 6.45) is 3.29.